The molecular formula is C66H124N2O3. The fourth-order valence-corrected chi connectivity index (χ4v) is 10.5. The lowest BCUT2D eigenvalue weighted by molar-refractivity contribution is 0.0937. The van der Waals surface area contributed by atoms with Crippen molar-refractivity contribution in [3.05, 3.63) is 29.3 Å². The molecule has 0 fully saturated rings. The van der Waals surface area contributed by atoms with Gasteiger partial charge >= 0.3 is 0 Å². The van der Waals surface area contributed by atoms with Gasteiger partial charge in [0.1, 0.15) is 5.75 Å². The summed E-state index contributed by atoms with van der Waals surface area (Å²) in [5, 5.41) is 6.29. The molecule has 0 bridgehead atoms. The molecular weight excluding hydrogens is 869 g/mol. The van der Waals surface area contributed by atoms with E-state index in [2.05, 4.69) is 31.4 Å². The number of hydrogen-bond donors (Lipinski definition) is 2. The maximum atomic E-state index is 13.4. The zero-order valence-electron chi connectivity index (χ0n) is 48.3. The Morgan fingerprint density at radius 2 is 0.549 bits per heavy atom. The van der Waals surface area contributed by atoms with Crippen LogP contribution in [0.2, 0.25) is 0 Å². The third-order valence-corrected chi connectivity index (χ3v) is 15.4. The summed E-state index contributed by atoms with van der Waals surface area (Å²) in [6, 6.07) is 5.38. The van der Waals surface area contributed by atoms with E-state index in [4.69, 9.17) is 4.74 Å². The zero-order valence-corrected chi connectivity index (χ0v) is 48.3. The lowest BCUT2D eigenvalue weighted by Crippen LogP contribution is -2.26. The van der Waals surface area contributed by atoms with Gasteiger partial charge in [0.2, 0.25) is 0 Å². The number of rotatable bonds is 58. The first kappa shape index (κ1) is 67.0. The van der Waals surface area contributed by atoms with Crippen LogP contribution in [0.5, 0.6) is 5.75 Å². The van der Waals surface area contributed by atoms with E-state index in [9.17, 15) is 9.59 Å². The Balaban J connectivity index is 2.14. The topological polar surface area (TPSA) is 67.4 Å². The number of carbonyl (C=O) groups excluding carboxylic acids is 2. The molecule has 5 heteroatoms. The summed E-state index contributed by atoms with van der Waals surface area (Å²) >= 11 is 0. The number of hydrogen-bond acceptors (Lipinski definition) is 3. The third kappa shape index (κ3) is 46.2. The predicted molar refractivity (Wildman–Crippen MR) is 314 cm³/mol. The van der Waals surface area contributed by atoms with Crippen LogP contribution >= 0.6 is 0 Å². The van der Waals surface area contributed by atoms with E-state index in [0.717, 1.165) is 38.5 Å². The van der Waals surface area contributed by atoms with Crippen molar-refractivity contribution in [2.45, 2.75) is 355 Å². The lowest BCUT2D eigenvalue weighted by atomic mass is 10.0. The first-order valence-electron chi connectivity index (χ1n) is 32.5. The normalized spacial score (nSPS) is 11.4. The Morgan fingerprint density at radius 3 is 0.831 bits per heavy atom. The molecule has 416 valence electrons. The van der Waals surface area contributed by atoms with E-state index in [1.807, 2.05) is 0 Å². The van der Waals surface area contributed by atoms with Crippen LogP contribution in [0.25, 0.3) is 0 Å². The molecule has 0 heterocycles. The first-order valence-corrected chi connectivity index (χ1v) is 32.5. The Bertz CT molecular complexity index is 1250. The smallest absolute Gasteiger partial charge is 0.255 e. The minimum Gasteiger partial charge on any atom is -0.493 e. The van der Waals surface area contributed by atoms with Crippen molar-refractivity contribution in [2.75, 3.05) is 19.7 Å². The molecule has 0 spiro atoms. The maximum Gasteiger partial charge on any atom is 0.255 e. The molecule has 71 heavy (non-hydrogen) atoms. The minimum absolute atomic E-state index is 0.0785. The first-order chi connectivity index (χ1) is 35.1. The molecule has 0 saturated heterocycles. The van der Waals surface area contributed by atoms with Gasteiger partial charge in [-0.25, -0.2) is 0 Å². The van der Waals surface area contributed by atoms with Crippen LogP contribution < -0.4 is 15.4 Å². The average Bonchev–Trinajstić information content (AvgIpc) is 3.38. The van der Waals surface area contributed by atoms with Crippen molar-refractivity contribution in [1.82, 2.24) is 10.6 Å². The number of carbonyl (C=O) groups is 2. The van der Waals surface area contributed by atoms with Crippen LogP contribution in [-0.2, 0) is 0 Å². The molecule has 0 radical (unpaired) electrons. The van der Waals surface area contributed by atoms with Crippen LogP contribution in [0.15, 0.2) is 18.2 Å². The van der Waals surface area contributed by atoms with Gasteiger partial charge in [0.05, 0.1) is 12.2 Å². The molecule has 5 nitrogen and oxygen atoms in total. The molecule has 0 unspecified atom stereocenters. The molecule has 0 aliphatic rings. The van der Waals surface area contributed by atoms with E-state index in [0.29, 0.717) is 36.6 Å². The summed E-state index contributed by atoms with van der Waals surface area (Å²) in [6.45, 7) is 8.77. The summed E-state index contributed by atoms with van der Waals surface area (Å²) in [4.78, 5) is 26.6. The fourth-order valence-electron chi connectivity index (χ4n) is 10.5. The van der Waals surface area contributed by atoms with Crippen molar-refractivity contribution in [3.63, 3.8) is 0 Å². The van der Waals surface area contributed by atoms with Gasteiger partial charge in [0, 0.05) is 18.7 Å². The lowest BCUT2D eigenvalue weighted by Gasteiger charge is -2.14. The van der Waals surface area contributed by atoms with Gasteiger partial charge in [-0.15, -0.1) is 0 Å². The standard InChI is InChI=1S/C66H124N2O3/c1-4-7-10-13-16-18-20-22-24-26-28-30-32-34-36-38-40-42-44-46-48-50-53-58-67-65(69)62-56-57-63(64(61-62)71-60-55-52-15-12-9-6-3)66(70)68-59-54-51-49-47-45-43-41-39-37-35-33-31-29-27-25-23-21-19-17-14-11-8-5-2/h56-57,61H,4-55,58-60H2,1-3H3,(H,67,69)(H,68,70). The van der Waals surface area contributed by atoms with Crippen LogP contribution in [0, 0.1) is 0 Å². The van der Waals surface area contributed by atoms with Gasteiger partial charge in [-0.1, -0.05) is 335 Å². The highest BCUT2D eigenvalue weighted by molar-refractivity contribution is 6.00. The molecule has 0 atom stereocenters. The van der Waals surface area contributed by atoms with Crippen molar-refractivity contribution < 1.29 is 14.3 Å². The van der Waals surface area contributed by atoms with Crippen molar-refractivity contribution in [2.24, 2.45) is 0 Å². The highest BCUT2D eigenvalue weighted by Crippen LogP contribution is 2.23. The minimum atomic E-state index is -0.0984. The molecule has 2 N–H and O–H groups in total. The number of nitrogens with one attached hydrogen (secondary N) is 2. The van der Waals surface area contributed by atoms with Crippen molar-refractivity contribution in [1.29, 1.82) is 0 Å². The molecule has 2 amide bonds. The molecule has 0 aromatic heterocycles. The van der Waals surface area contributed by atoms with E-state index < -0.39 is 0 Å². The van der Waals surface area contributed by atoms with Crippen LogP contribution in [0.1, 0.15) is 375 Å². The van der Waals surface area contributed by atoms with Crippen molar-refractivity contribution in [3.8, 4) is 5.75 Å². The SMILES string of the molecule is CCCCCCCCCCCCCCCCCCCCCCCCCNC(=O)c1ccc(C(=O)NCCCCCCCCCCCCCCCCCCCCCCCCC)c(OCCCCCCCC)c1. The monoisotopic (exact) mass is 993 g/mol. The second-order valence-corrected chi connectivity index (χ2v) is 22.4. The Morgan fingerprint density at radius 1 is 0.310 bits per heavy atom. The Hall–Kier alpha value is -2.04. The van der Waals surface area contributed by atoms with E-state index >= 15 is 0 Å². The molecule has 0 aliphatic heterocycles. The highest BCUT2D eigenvalue weighted by Gasteiger charge is 2.16. The number of amides is 2. The van der Waals surface area contributed by atoms with Gasteiger partial charge in [0.15, 0.2) is 0 Å². The quantitative estimate of drug-likeness (QED) is 0.0639. The fraction of sp³-hybridized carbons (Fsp3) is 0.879. The van der Waals surface area contributed by atoms with Gasteiger partial charge in [-0.05, 0) is 37.5 Å². The predicted octanol–water partition coefficient (Wildman–Crippen LogP) is 21.9. The second kappa shape index (κ2) is 55.7. The summed E-state index contributed by atoms with van der Waals surface area (Å²) in [5.74, 6) is 0.358. The Labute approximate surface area is 444 Å². The van der Waals surface area contributed by atoms with Crippen LogP contribution in [0.3, 0.4) is 0 Å². The molecule has 1 aromatic rings. The van der Waals surface area contributed by atoms with Gasteiger partial charge in [-0.3, -0.25) is 9.59 Å². The highest BCUT2D eigenvalue weighted by atomic mass is 16.5. The summed E-state index contributed by atoms with van der Waals surface area (Å²) < 4.78 is 6.23. The number of benzene rings is 1. The Kier molecular flexibility index (Phi) is 52.5. The van der Waals surface area contributed by atoms with Gasteiger partial charge in [0.25, 0.3) is 11.8 Å². The third-order valence-electron chi connectivity index (χ3n) is 15.4. The largest absolute Gasteiger partial charge is 0.493 e. The molecule has 1 aromatic carbocycles. The maximum absolute atomic E-state index is 13.4. The number of ether oxygens (including phenoxy) is 1. The molecule has 1 rings (SSSR count). The van der Waals surface area contributed by atoms with E-state index in [-0.39, 0.29) is 11.8 Å². The van der Waals surface area contributed by atoms with Crippen molar-refractivity contribution >= 4 is 11.8 Å². The summed E-state index contributed by atoms with van der Waals surface area (Å²) in [6.07, 6.45) is 70.6. The zero-order chi connectivity index (χ0) is 51.0. The summed E-state index contributed by atoms with van der Waals surface area (Å²) in [5.41, 5.74) is 1.11. The van der Waals surface area contributed by atoms with Gasteiger partial charge < -0.3 is 15.4 Å². The van der Waals surface area contributed by atoms with Crippen LogP contribution in [-0.4, -0.2) is 31.5 Å². The molecule has 0 saturated carbocycles. The van der Waals surface area contributed by atoms with Gasteiger partial charge in [-0.2, -0.15) is 0 Å². The summed E-state index contributed by atoms with van der Waals surface area (Å²) in [7, 11) is 0. The second-order valence-electron chi connectivity index (χ2n) is 22.4. The van der Waals surface area contributed by atoms with Crippen LogP contribution in [0.4, 0.5) is 0 Å². The molecule has 0 aliphatic carbocycles. The van der Waals surface area contributed by atoms with E-state index in [1.165, 1.54) is 295 Å². The van der Waals surface area contributed by atoms with E-state index in [1.54, 1.807) is 18.2 Å². The average molecular weight is 994 g/mol. The number of unbranched alkanes of at least 4 members (excludes halogenated alkanes) is 49.